The molecule has 0 spiro atoms. The van der Waals surface area contributed by atoms with Crippen molar-refractivity contribution in [3.63, 3.8) is 0 Å². The van der Waals surface area contributed by atoms with Crippen LogP contribution in [0.25, 0.3) is 16.6 Å². The molecule has 0 aliphatic heterocycles. The lowest BCUT2D eigenvalue weighted by molar-refractivity contribution is 0.487. The Labute approximate surface area is 178 Å². The summed E-state index contributed by atoms with van der Waals surface area (Å²) in [4.78, 5) is 26.7. The number of benzene rings is 2. The molecule has 0 aliphatic carbocycles. The maximum absolute atomic E-state index is 13.6. The van der Waals surface area contributed by atoms with Gasteiger partial charge in [-0.2, -0.15) is 0 Å². The van der Waals surface area contributed by atoms with E-state index < -0.39 is 0 Å². The zero-order chi connectivity index (χ0) is 21.4. The molecule has 5 aromatic rings. The Kier molecular flexibility index (Phi) is 4.67. The standard InChI is InChI=1S/C25H21N3O3/c1-18-24-22(15-23(29)26(18)17-21-13-8-14-31-21)27(16-19-9-4-2-5-10-19)28(25(24)30)20-11-6-3-7-12-20/h2-15H,16-17H2,1H3. The van der Waals surface area contributed by atoms with E-state index in [4.69, 9.17) is 4.42 Å². The summed E-state index contributed by atoms with van der Waals surface area (Å²) >= 11 is 0. The molecule has 0 aliphatic rings. The van der Waals surface area contributed by atoms with E-state index in [1.54, 1.807) is 27.6 Å². The van der Waals surface area contributed by atoms with E-state index in [1.807, 2.05) is 78.3 Å². The SMILES string of the molecule is Cc1c2c(=O)n(-c3ccccc3)n(Cc3ccccc3)c2cc(=O)n1Cc1ccco1. The predicted molar refractivity (Wildman–Crippen MR) is 120 cm³/mol. The largest absolute Gasteiger partial charge is 0.467 e. The van der Waals surface area contributed by atoms with Crippen molar-refractivity contribution in [2.45, 2.75) is 20.0 Å². The van der Waals surface area contributed by atoms with Gasteiger partial charge in [0.15, 0.2) is 0 Å². The highest BCUT2D eigenvalue weighted by Crippen LogP contribution is 2.19. The smallest absolute Gasteiger partial charge is 0.281 e. The normalized spacial score (nSPS) is 11.3. The third-order valence-corrected chi connectivity index (χ3v) is 5.54. The number of fused-ring (bicyclic) bond motifs is 1. The first kappa shape index (κ1) is 18.9. The third kappa shape index (κ3) is 3.32. The minimum atomic E-state index is -0.173. The quantitative estimate of drug-likeness (QED) is 0.440. The van der Waals surface area contributed by atoms with Crippen LogP contribution in [0.5, 0.6) is 0 Å². The molecular formula is C25H21N3O3. The number of furan rings is 1. The van der Waals surface area contributed by atoms with Crippen molar-refractivity contribution in [3.8, 4) is 5.69 Å². The van der Waals surface area contributed by atoms with Crippen LogP contribution in [0.3, 0.4) is 0 Å². The van der Waals surface area contributed by atoms with Crippen LogP contribution in [0.1, 0.15) is 17.0 Å². The first-order chi connectivity index (χ1) is 15.1. The summed E-state index contributed by atoms with van der Waals surface area (Å²) in [6.07, 6.45) is 1.58. The average Bonchev–Trinajstić information content (AvgIpc) is 3.39. The van der Waals surface area contributed by atoms with Crippen LogP contribution >= 0.6 is 0 Å². The summed E-state index contributed by atoms with van der Waals surface area (Å²) in [5.74, 6) is 0.664. The number of nitrogens with zero attached hydrogens (tertiary/aromatic N) is 3. The highest BCUT2D eigenvalue weighted by atomic mass is 16.3. The molecule has 0 saturated carbocycles. The summed E-state index contributed by atoms with van der Waals surface area (Å²) in [5, 5.41) is 0.533. The highest BCUT2D eigenvalue weighted by Gasteiger charge is 2.20. The number of hydrogen-bond donors (Lipinski definition) is 0. The van der Waals surface area contributed by atoms with Gasteiger partial charge in [-0.05, 0) is 36.8 Å². The van der Waals surface area contributed by atoms with E-state index in [0.29, 0.717) is 28.9 Å². The summed E-state index contributed by atoms with van der Waals surface area (Å²) in [7, 11) is 0. The van der Waals surface area contributed by atoms with Crippen molar-refractivity contribution in [2.24, 2.45) is 0 Å². The van der Waals surface area contributed by atoms with Crippen LogP contribution in [0, 0.1) is 6.92 Å². The Bertz CT molecular complexity index is 1460. The number of aromatic nitrogens is 3. The van der Waals surface area contributed by atoms with Gasteiger partial charge in [-0.25, -0.2) is 4.68 Å². The molecule has 3 heterocycles. The Balaban J connectivity index is 1.79. The topological polar surface area (TPSA) is 62.1 Å². The van der Waals surface area contributed by atoms with Gasteiger partial charge in [0.05, 0.1) is 35.9 Å². The lowest BCUT2D eigenvalue weighted by Crippen LogP contribution is -2.23. The van der Waals surface area contributed by atoms with Gasteiger partial charge in [0.1, 0.15) is 5.76 Å². The first-order valence-corrected chi connectivity index (χ1v) is 10.1. The molecule has 2 aromatic carbocycles. The number of pyridine rings is 1. The fourth-order valence-electron chi connectivity index (χ4n) is 4.04. The van der Waals surface area contributed by atoms with Crippen LogP contribution < -0.4 is 11.1 Å². The van der Waals surface area contributed by atoms with Gasteiger partial charge in [-0.1, -0.05) is 48.5 Å². The number of hydrogen-bond acceptors (Lipinski definition) is 3. The summed E-state index contributed by atoms with van der Waals surface area (Å²) in [6.45, 7) is 2.56. The molecule has 5 rings (SSSR count). The van der Waals surface area contributed by atoms with Crippen LogP contribution in [-0.4, -0.2) is 13.9 Å². The fourth-order valence-corrected chi connectivity index (χ4v) is 4.04. The van der Waals surface area contributed by atoms with Crippen molar-refractivity contribution >= 4 is 10.9 Å². The fraction of sp³-hybridized carbons (Fsp3) is 0.120. The van der Waals surface area contributed by atoms with Gasteiger partial charge in [0.2, 0.25) is 0 Å². The van der Waals surface area contributed by atoms with Crippen molar-refractivity contribution in [1.29, 1.82) is 0 Å². The maximum atomic E-state index is 13.6. The number of para-hydroxylation sites is 1. The molecule has 31 heavy (non-hydrogen) atoms. The maximum Gasteiger partial charge on any atom is 0.281 e. The van der Waals surface area contributed by atoms with Gasteiger partial charge in [0.25, 0.3) is 11.1 Å². The molecule has 0 bridgehead atoms. The van der Waals surface area contributed by atoms with Crippen LogP contribution in [0.4, 0.5) is 0 Å². The Morgan fingerprint density at radius 2 is 1.55 bits per heavy atom. The molecule has 0 unspecified atom stereocenters. The van der Waals surface area contributed by atoms with Gasteiger partial charge >= 0.3 is 0 Å². The lowest BCUT2D eigenvalue weighted by Gasteiger charge is -2.13. The second-order valence-corrected chi connectivity index (χ2v) is 7.49. The molecule has 0 fully saturated rings. The Morgan fingerprint density at radius 3 is 2.23 bits per heavy atom. The molecule has 0 atom stereocenters. The van der Waals surface area contributed by atoms with Crippen LogP contribution in [-0.2, 0) is 13.1 Å². The summed E-state index contributed by atoms with van der Waals surface area (Å²) < 4.78 is 10.5. The van der Waals surface area contributed by atoms with Gasteiger partial charge < -0.3 is 8.98 Å². The lowest BCUT2D eigenvalue weighted by atomic mass is 10.2. The van der Waals surface area contributed by atoms with Gasteiger partial charge in [-0.3, -0.25) is 14.3 Å². The van der Waals surface area contributed by atoms with Crippen molar-refractivity contribution in [1.82, 2.24) is 13.9 Å². The average molecular weight is 411 g/mol. The van der Waals surface area contributed by atoms with Crippen molar-refractivity contribution in [2.75, 3.05) is 0 Å². The number of rotatable bonds is 5. The van der Waals surface area contributed by atoms with E-state index in [0.717, 1.165) is 11.3 Å². The van der Waals surface area contributed by atoms with E-state index in [-0.39, 0.29) is 17.7 Å². The van der Waals surface area contributed by atoms with E-state index in [9.17, 15) is 9.59 Å². The van der Waals surface area contributed by atoms with Crippen molar-refractivity contribution < 1.29 is 4.42 Å². The minimum absolute atomic E-state index is 0.150. The minimum Gasteiger partial charge on any atom is -0.467 e. The zero-order valence-corrected chi connectivity index (χ0v) is 17.1. The van der Waals surface area contributed by atoms with Gasteiger partial charge in [0, 0.05) is 11.8 Å². The third-order valence-electron chi connectivity index (χ3n) is 5.54. The molecule has 0 amide bonds. The first-order valence-electron chi connectivity index (χ1n) is 10.1. The number of aryl methyl sites for hydroxylation is 1. The van der Waals surface area contributed by atoms with Crippen molar-refractivity contribution in [3.05, 3.63) is 123 Å². The van der Waals surface area contributed by atoms with Gasteiger partial charge in [-0.15, -0.1) is 0 Å². The molecular weight excluding hydrogens is 390 g/mol. The van der Waals surface area contributed by atoms with Crippen LogP contribution in [0.2, 0.25) is 0 Å². The van der Waals surface area contributed by atoms with E-state index >= 15 is 0 Å². The molecule has 6 heteroatoms. The zero-order valence-electron chi connectivity index (χ0n) is 17.1. The molecule has 6 nitrogen and oxygen atoms in total. The van der Waals surface area contributed by atoms with E-state index in [2.05, 4.69) is 0 Å². The second kappa shape index (κ2) is 7.65. The molecule has 0 radical (unpaired) electrons. The molecule has 0 N–H and O–H groups in total. The molecule has 154 valence electrons. The van der Waals surface area contributed by atoms with Crippen LogP contribution in [0.15, 0.2) is 99.1 Å². The second-order valence-electron chi connectivity index (χ2n) is 7.49. The predicted octanol–water partition coefficient (Wildman–Crippen LogP) is 3.95. The summed E-state index contributed by atoms with van der Waals surface area (Å²) in [5.41, 5.74) is 2.72. The van der Waals surface area contributed by atoms with E-state index in [1.165, 1.54) is 0 Å². The Morgan fingerprint density at radius 1 is 0.839 bits per heavy atom. The summed E-state index contributed by atoms with van der Waals surface area (Å²) in [6, 6.07) is 24.6. The Hall–Kier alpha value is -4.06. The highest BCUT2D eigenvalue weighted by molar-refractivity contribution is 5.81. The monoisotopic (exact) mass is 411 g/mol. The molecule has 0 saturated heterocycles. The molecule has 3 aromatic heterocycles.